The van der Waals surface area contributed by atoms with E-state index in [2.05, 4.69) is 41.0 Å². The van der Waals surface area contributed by atoms with E-state index in [1.54, 1.807) is 25.4 Å². The number of pyridine rings is 1. The van der Waals surface area contributed by atoms with Gasteiger partial charge in [0, 0.05) is 88.7 Å². The number of piperidine rings is 2. The number of hydrogen-bond acceptors (Lipinski definition) is 12. The Balaban J connectivity index is 0.903. The molecule has 0 spiro atoms. The van der Waals surface area contributed by atoms with Crippen LogP contribution in [-0.4, -0.2) is 109 Å². The van der Waals surface area contributed by atoms with Crippen molar-refractivity contribution in [3.63, 3.8) is 0 Å². The Hall–Kier alpha value is -5.74. The van der Waals surface area contributed by atoms with Gasteiger partial charge in [-0.05, 0) is 67.6 Å². The summed E-state index contributed by atoms with van der Waals surface area (Å²) in [5.74, 6) is 0.245. The van der Waals surface area contributed by atoms with E-state index in [1.807, 2.05) is 36.4 Å². The second kappa shape index (κ2) is 17.0. The van der Waals surface area contributed by atoms with Crippen molar-refractivity contribution in [1.29, 1.82) is 0 Å². The number of ether oxygens (including phenoxy) is 1. The fourth-order valence-electron chi connectivity index (χ4n) is 7.37. The summed E-state index contributed by atoms with van der Waals surface area (Å²) in [6.45, 7) is 5.84. The third kappa shape index (κ3) is 8.87. The second-order valence-electron chi connectivity index (χ2n) is 14.3. The molecule has 0 bridgehead atoms. The lowest BCUT2D eigenvalue weighted by Gasteiger charge is -2.39. The first-order valence-electron chi connectivity index (χ1n) is 18.8. The highest BCUT2D eigenvalue weighted by molar-refractivity contribution is 6.33. The van der Waals surface area contributed by atoms with Crippen molar-refractivity contribution < 1.29 is 23.9 Å². The maximum Gasteiger partial charge on any atom is 0.293 e. The highest BCUT2D eigenvalue weighted by atomic mass is 35.5. The summed E-state index contributed by atoms with van der Waals surface area (Å²) in [7, 11) is 3.16. The van der Waals surface area contributed by atoms with E-state index in [0.717, 1.165) is 69.7 Å². The molecule has 2 aromatic heterocycles. The standard InChI is InChI=1S/C39H45ClN10O6/c1-41-34(52)23-56-32-20-26-18-27(6-8-31(26)47(2)38(32)55)43-35-29(40)21-42-39(46-35)50-16-14-48(15-17-50)22-24-10-12-49(13-11-24)28-5-3-4-25(19-28)36(53)44-30-7-9-33(51)45-37(30)54/h3-6,8,18-21,24,30H,7,9-17,22-23H2,1-2H3,(H,41,52)(H,44,53)(H,42,43,46)(H,45,51,54). The van der Waals surface area contributed by atoms with E-state index in [1.165, 1.54) is 11.6 Å². The van der Waals surface area contributed by atoms with E-state index < -0.39 is 11.9 Å². The molecule has 17 heteroatoms. The molecule has 2 aromatic carbocycles. The van der Waals surface area contributed by atoms with Gasteiger partial charge in [-0.1, -0.05) is 17.7 Å². The number of nitrogens with one attached hydrogen (secondary N) is 4. The summed E-state index contributed by atoms with van der Waals surface area (Å²) in [6, 6.07) is 13.9. The number of rotatable bonds is 11. The quantitative estimate of drug-likeness (QED) is 0.163. The number of likely N-dealkylation sites (N-methyl/N-ethyl adjacent to an activating group) is 1. The lowest BCUT2D eigenvalue weighted by Crippen LogP contribution is -2.52. The monoisotopic (exact) mass is 784 g/mol. The van der Waals surface area contributed by atoms with Crippen molar-refractivity contribution in [1.82, 2.24) is 35.4 Å². The van der Waals surface area contributed by atoms with E-state index in [-0.39, 0.29) is 42.1 Å². The van der Waals surface area contributed by atoms with Gasteiger partial charge in [0.15, 0.2) is 18.2 Å². The van der Waals surface area contributed by atoms with Gasteiger partial charge in [0.05, 0.1) is 11.7 Å². The Morgan fingerprint density at radius 3 is 2.50 bits per heavy atom. The summed E-state index contributed by atoms with van der Waals surface area (Å²) in [4.78, 5) is 77.3. The molecule has 0 saturated carbocycles. The number of amides is 4. The molecule has 3 saturated heterocycles. The first kappa shape index (κ1) is 38.5. The number of anilines is 4. The minimum absolute atomic E-state index is 0.0760. The maximum atomic E-state index is 12.9. The van der Waals surface area contributed by atoms with Crippen LogP contribution in [0.1, 0.15) is 36.0 Å². The van der Waals surface area contributed by atoms with Crippen LogP contribution in [0, 0.1) is 5.92 Å². The first-order chi connectivity index (χ1) is 27.0. The van der Waals surface area contributed by atoms with Crippen LogP contribution in [0.3, 0.4) is 0 Å². The Morgan fingerprint density at radius 2 is 1.75 bits per heavy atom. The lowest BCUT2D eigenvalue weighted by atomic mass is 9.95. The Bertz CT molecular complexity index is 2200. The van der Waals surface area contributed by atoms with Crippen molar-refractivity contribution in [2.24, 2.45) is 13.0 Å². The van der Waals surface area contributed by atoms with E-state index >= 15 is 0 Å². The number of imide groups is 1. The lowest BCUT2D eigenvalue weighted by molar-refractivity contribution is -0.134. The minimum atomic E-state index is -0.711. The average Bonchev–Trinajstić information content (AvgIpc) is 3.21. The van der Waals surface area contributed by atoms with Crippen LogP contribution < -0.4 is 41.4 Å². The van der Waals surface area contributed by atoms with Gasteiger partial charge in [0.25, 0.3) is 17.4 Å². The molecule has 294 valence electrons. The van der Waals surface area contributed by atoms with Gasteiger partial charge in [-0.25, -0.2) is 4.98 Å². The van der Waals surface area contributed by atoms with Crippen molar-refractivity contribution in [3.8, 4) is 5.75 Å². The number of nitrogens with zero attached hydrogens (tertiary/aromatic N) is 6. The normalized spacial score (nSPS) is 18.1. The fourth-order valence-corrected chi connectivity index (χ4v) is 7.51. The molecule has 4 amide bonds. The predicted molar refractivity (Wildman–Crippen MR) is 213 cm³/mol. The van der Waals surface area contributed by atoms with Crippen LogP contribution in [0.4, 0.5) is 23.1 Å². The van der Waals surface area contributed by atoms with Crippen LogP contribution in [0.25, 0.3) is 10.9 Å². The smallest absolute Gasteiger partial charge is 0.293 e. The van der Waals surface area contributed by atoms with Gasteiger partial charge in [-0.15, -0.1) is 0 Å². The number of aryl methyl sites for hydroxylation is 1. The third-order valence-corrected chi connectivity index (χ3v) is 10.9. The average molecular weight is 785 g/mol. The molecule has 4 aromatic rings. The third-order valence-electron chi connectivity index (χ3n) is 10.6. The van der Waals surface area contributed by atoms with Gasteiger partial charge >= 0.3 is 0 Å². The Morgan fingerprint density at radius 1 is 0.964 bits per heavy atom. The second-order valence-corrected chi connectivity index (χ2v) is 14.8. The molecule has 4 N–H and O–H groups in total. The molecule has 1 unspecified atom stereocenters. The summed E-state index contributed by atoms with van der Waals surface area (Å²) < 4.78 is 6.98. The van der Waals surface area contributed by atoms with Crippen LogP contribution in [0.5, 0.6) is 5.75 Å². The van der Waals surface area contributed by atoms with Crippen molar-refractivity contribution in [2.75, 3.05) is 74.6 Å². The maximum absolute atomic E-state index is 12.9. The highest BCUT2D eigenvalue weighted by Gasteiger charge is 2.29. The van der Waals surface area contributed by atoms with Crippen molar-refractivity contribution >= 4 is 69.3 Å². The molecule has 5 heterocycles. The molecular weight excluding hydrogens is 740 g/mol. The number of hydrogen-bond donors (Lipinski definition) is 4. The Labute approximate surface area is 328 Å². The predicted octanol–water partition coefficient (Wildman–Crippen LogP) is 2.42. The van der Waals surface area contributed by atoms with Gasteiger partial charge in [-0.2, -0.15) is 4.98 Å². The van der Waals surface area contributed by atoms with Crippen LogP contribution in [-0.2, 0) is 21.4 Å². The topological polar surface area (TPSA) is 183 Å². The van der Waals surface area contributed by atoms with Gasteiger partial charge in [0.2, 0.25) is 17.8 Å². The number of fused-ring (bicyclic) bond motifs is 1. The zero-order chi connectivity index (χ0) is 39.3. The largest absolute Gasteiger partial charge is 0.478 e. The summed E-state index contributed by atoms with van der Waals surface area (Å²) >= 11 is 6.55. The first-order valence-corrected chi connectivity index (χ1v) is 19.2. The van der Waals surface area contributed by atoms with E-state index in [0.29, 0.717) is 45.9 Å². The van der Waals surface area contributed by atoms with Crippen molar-refractivity contribution in [3.05, 3.63) is 75.7 Å². The fraction of sp³-hybridized carbons (Fsp3) is 0.410. The van der Waals surface area contributed by atoms with E-state index in [4.69, 9.17) is 21.3 Å². The minimum Gasteiger partial charge on any atom is -0.478 e. The van der Waals surface area contributed by atoms with Crippen molar-refractivity contribution in [2.45, 2.75) is 31.7 Å². The summed E-state index contributed by atoms with van der Waals surface area (Å²) in [5, 5.41) is 11.9. The highest BCUT2D eigenvalue weighted by Crippen LogP contribution is 2.29. The van der Waals surface area contributed by atoms with Crippen LogP contribution in [0.15, 0.2) is 59.5 Å². The molecule has 1 atom stereocenters. The molecule has 0 aliphatic carbocycles. The molecule has 3 aliphatic heterocycles. The van der Waals surface area contributed by atoms with E-state index in [9.17, 15) is 24.0 Å². The molecule has 3 aliphatic rings. The van der Waals surface area contributed by atoms with Crippen LogP contribution in [0.2, 0.25) is 5.02 Å². The molecule has 0 radical (unpaired) electrons. The van der Waals surface area contributed by atoms with Gasteiger partial charge in [-0.3, -0.25) is 34.2 Å². The number of benzene rings is 2. The number of piperazine rings is 1. The van der Waals surface area contributed by atoms with Gasteiger partial charge in [0.1, 0.15) is 11.1 Å². The zero-order valence-electron chi connectivity index (χ0n) is 31.3. The SMILES string of the molecule is CNC(=O)COc1cc2cc(Nc3nc(N4CCN(CC5CCN(c6cccc(C(=O)NC7CCC(=O)NC7=O)c6)CC5)CC4)ncc3Cl)ccc2n(C)c1=O. The molecule has 56 heavy (non-hydrogen) atoms. The molecule has 3 fully saturated rings. The molecular formula is C39H45ClN10O6. The van der Waals surface area contributed by atoms with Crippen LogP contribution >= 0.6 is 11.6 Å². The number of halogens is 1. The summed E-state index contributed by atoms with van der Waals surface area (Å²) in [5.41, 5.74) is 2.54. The Kier molecular flexibility index (Phi) is 11.7. The zero-order valence-corrected chi connectivity index (χ0v) is 32.1. The number of carbonyl (C=O) groups excluding carboxylic acids is 4. The molecule has 16 nitrogen and oxygen atoms in total. The van der Waals surface area contributed by atoms with Gasteiger partial charge < -0.3 is 35.1 Å². The molecule has 7 rings (SSSR count). The number of aromatic nitrogens is 3. The summed E-state index contributed by atoms with van der Waals surface area (Å²) in [6.07, 6.45) is 4.19. The number of carbonyl (C=O) groups is 4.